The molecule has 136 valence electrons. The van der Waals surface area contributed by atoms with Crippen molar-refractivity contribution in [2.24, 2.45) is 0 Å². The van der Waals surface area contributed by atoms with E-state index in [1.165, 1.54) is 0 Å². The highest BCUT2D eigenvalue weighted by molar-refractivity contribution is 5.97. The summed E-state index contributed by atoms with van der Waals surface area (Å²) in [7, 11) is 0. The number of carboxylic acid groups (broad SMARTS) is 1. The Bertz CT molecular complexity index is 842. The molecule has 2 fully saturated rings. The van der Waals surface area contributed by atoms with E-state index in [4.69, 9.17) is 4.74 Å². The van der Waals surface area contributed by atoms with Crippen LogP contribution in [0.25, 0.3) is 11.0 Å². The molecule has 3 heterocycles. The van der Waals surface area contributed by atoms with Gasteiger partial charge in [0.2, 0.25) is 0 Å². The van der Waals surface area contributed by atoms with E-state index in [0.29, 0.717) is 50.3 Å². The Kier molecular flexibility index (Phi) is 4.29. The largest absolute Gasteiger partial charge is 0.480 e. The van der Waals surface area contributed by atoms with Crippen LogP contribution in [0.15, 0.2) is 30.6 Å². The summed E-state index contributed by atoms with van der Waals surface area (Å²) in [5, 5.41) is 9.65. The molecule has 2 aliphatic heterocycles. The molecule has 1 unspecified atom stereocenters. The molecule has 1 aromatic heterocycles. The van der Waals surface area contributed by atoms with E-state index in [-0.39, 0.29) is 12.5 Å². The van der Waals surface area contributed by atoms with Gasteiger partial charge in [0.05, 0.1) is 17.6 Å². The summed E-state index contributed by atoms with van der Waals surface area (Å²) in [6.45, 7) is 2.70. The molecule has 0 bridgehead atoms. The van der Waals surface area contributed by atoms with Crippen LogP contribution >= 0.6 is 0 Å². The molecule has 0 spiro atoms. The van der Waals surface area contributed by atoms with Gasteiger partial charge in [-0.1, -0.05) is 0 Å². The summed E-state index contributed by atoms with van der Waals surface area (Å²) in [6.07, 6.45) is 3.71. The quantitative estimate of drug-likeness (QED) is 0.862. The van der Waals surface area contributed by atoms with Gasteiger partial charge in [0.1, 0.15) is 5.54 Å². The Morgan fingerprint density at radius 2 is 1.81 bits per heavy atom. The monoisotopic (exact) mass is 356 g/mol. The molecule has 4 rings (SSSR count). The third-order valence-corrected chi connectivity index (χ3v) is 5.29. The summed E-state index contributed by atoms with van der Waals surface area (Å²) in [5.41, 5.74) is 1.06. The molecule has 8 heteroatoms. The number of fused-ring (bicyclic) bond motifs is 1. The van der Waals surface area contributed by atoms with Gasteiger partial charge in [-0.05, 0) is 18.2 Å². The van der Waals surface area contributed by atoms with Gasteiger partial charge in [0.25, 0.3) is 5.91 Å². The predicted molar refractivity (Wildman–Crippen MR) is 92.8 cm³/mol. The number of rotatable bonds is 3. The molecule has 26 heavy (non-hydrogen) atoms. The van der Waals surface area contributed by atoms with Crippen LogP contribution in [0.2, 0.25) is 0 Å². The molecule has 2 aromatic rings. The molecule has 1 N–H and O–H groups in total. The lowest BCUT2D eigenvalue weighted by molar-refractivity contribution is -0.152. The maximum Gasteiger partial charge on any atom is 0.326 e. The molecular formula is C18H20N4O4. The number of hydrogen-bond acceptors (Lipinski definition) is 6. The summed E-state index contributed by atoms with van der Waals surface area (Å²) < 4.78 is 5.34. The molecular weight excluding hydrogens is 336 g/mol. The first-order chi connectivity index (χ1) is 12.6. The maximum absolute atomic E-state index is 12.8. The van der Waals surface area contributed by atoms with E-state index in [2.05, 4.69) is 9.97 Å². The average Bonchev–Trinajstić information content (AvgIpc) is 3.18. The van der Waals surface area contributed by atoms with E-state index in [1.807, 2.05) is 4.90 Å². The second kappa shape index (κ2) is 6.62. The van der Waals surface area contributed by atoms with Crippen molar-refractivity contribution in [3.63, 3.8) is 0 Å². The summed E-state index contributed by atoms with van der Waals surface area (Å²) in [4.78, 5) is 36.7. The number of hydrogen-bond donors (Lipinski definition) is 1. The molecule has 1 aromatic carbocycles. The van der Waals surface area contributed by atoms with Gasteiger partial charge in [-0.3, -0.25) is 24.5 Å². The lowest BCUT2D eigenvalue weighted by Gasteiger charge is -2.42. The molecule has 0 aliphatic carbocycles. The number of piperazine rings is 1. The molecule has 0 saturated carbocycles. The molecule has 2 aliphatic rings. The molecule has 1 atom stereocenters. The van der Waals surface area contributed by atoms with Gasteiger partial charge >= 0.3 is 5.97 Å². The smallest absolute Gasteiger partial charge is 0.326 e. The third-order valence-electron chi connectivity index (χ3n) is 5.29. The average molecular weight is 356 g/mol. The maximum atomic E-state index is 12.8. The first kappa shape index (κ1) is 16.9. The van der Waals surface area contributed by atoms with Crippen LogP contribution in [0.3, 0.4) is 0 Å². The van der Waals surface area contributed by atoms with Gasteiger partial charge in [-0.25, -0.2) is 0 Å². The first-order valence-electron chi connectivity index (χ1n) is 8.66. The number of carbonyl (C=O) groups excluding carboxylic acids is 1. The lowest BCUT2D eigenvalue weighted by Crippen LogP contribution is -2.61. The van der Waals surface area contributed by atoms with E-state index in [9.17, 15) is 14.7 Å². The number of nitrogens with zero attached hydrogens (tertiary/aromatic N) is 4. The Morgan fingerprint density at radius 3 is 2.46 bits per heavy atom. The number of benzene rings is 1. The van der Waals surface area contributed by atoms with Crippen molar-refractivity contribution in [2.75, 3.05) is 39.4 Å². The number of carboxylic acids is 1. The Morgan fingerprint density at radius 1 is 1.08 bits per heavy atom. The van der Waals surface area contributed by atoms with Crippen molar-refractivity contribution in [2.45, 2.75) is 12.0 Å². The fourth-order valence-corrected chi connectivity index (χ4v) is 3.72. The highest BCUT2D eigenvalue weighted by Crippen LogP contribution is 2.28. The minimum absolute atomic E-state index is 0.0655. The van der Waals surface area contributed by atoms with Crippen LogP contribution in [-0.2, 0) is 9.53 Å². The second-order valence-corrected chi connectivity index (χ2v) is 6.68. The Balaban J connectivity index is 1.47. The Labute approximate surface area is 150 Å². The normalized spacial score (nSPS) is 24.1. The van der Waals surface area contributed by atoms with Crippen LogP contribution in [-0.4, -0.2) is 81.7 Å². The number of ether oxygens (including phenoxy) is 1. The van der Waals surface area contributed by atoms with Crippen molar-refractivity contribution < 1.29 is 19.4 Å². The molecule has 1 amide bonds. The molecule has 8 nitrogen and oxygen atoms in total. The fourth-order valence-electron chi connectivity index (χ4n) is 3.72. The Hall–Kier alpha value is -2.58. The van der Waals surface area contributed by atoms with Gasteiger partial charge in [0.15, 0.2) is 0 Å². The summed E-state index contributed by atoms with van der Waals surface area (Å²) in [6, 6.07) is 5.30. The van der Waals surface area contributed by atoms with Crippen molar-refractivity contribution >= 4 is 22.9 Å². The molecule has 0 radical (unpaired) electrons. The highest BCUT2D eigenvalue weighted by Gasteiger charge is 2.48. The summed E-state index contributed by atoms with van der Waals surface area (Å²) >= 11 is 0. The van der Waals surface area contributed by atoms with Crippen molar-refractivity contribution in [3.8, 4) is 0 Å². The van der Waals surface area contributed by atoms with E-state index < -0.39 is 11.5 Å². The van der Waals surface area contributed by atoms with Crippen LogP contribution in [0.5, 0.6) is 0 Å². The topological polar surface area (TPSA) is 95.9 Å². The molecule has 2 saturated heterocycles. The van der Waals surface area contributed by atoms with E-state index in [0.717, 1.165) is 5.52 Å². The van der Waals surface area contributed by atoms with Crippen molar-refractivity contribution in [1.29, 1.82) is 0 Å². The number of aliphatic carboxylic acids is 1. The minimum atomic E-state index is -0.951. The SMILES string of the molecule is O=C(c1ccc2nccnc2c1)N1CCN(C2(C(=O)O)CCOC2)CC1. The van der Waals surface area contributed by atoms with Gasteiger partial charge < -0.3 is 14.7 Å². The van der Waals surface area contributed by atoms with Crippen LogP contribution in [0, 0.1) is 0 Å². The zero-order valence-electron chi connectivity index (χ0n) is 14.3. The standard InChI is InChI=1S/C18H20N4O4/c23-16(13-1-2-14-15(11-13)20-5-4-19-14)21-6-8-22(9-7-21)18(17(24)25)3-10-26-12-18/h1-2,4-5,11H,3,6-10,12H2,(H,24,25). The van der Waals surface area contributed by atoms with E-state index >= 15 is 0 Å². The van der Waals surface area contributed by atoms with E-state index in [1.54, 1.807) is 35.5 Å². The van der Waals surface area contributed by atoms with Crippen molar-refractivity contribution in [1.82, 2.24) is 19.8 Å². The van der Waals surface area contributed by atoms with Crippen LogP contribution in [0.1, 0.15) is 16.8 Å². The zero-order chi connectivity index (χ0) is 18.1. The van der Waals surface area contributed by atoms with Gasteiger partial charge in [-0.15, -0.1) is 0 Å². The van der Waals surface area contributed by atoms with Crippen LogP contribution in [0.4, 0.5) is 0 Å². The highest BCUT2D eigenvalue weighted by atomic mass is 16.5. The second-order valence-electron chi connectivity index (χ2n) is 6.68. The van der Waals surface area contributed by atoms with Crippen molar-refractivity contribution in [3.05, 3.63) is 36.2 Å². The number of amides is 1. The minimum Gasteiger partial charge on any atom is -0.480 e. The lowest BCUT2D eigenvalue weighted by atomic mass is 9.95. The van der Waals surface area contributed by atoms with Crippen LogP contribution < -0.4 is 0 Å². The summed E-state index contributed by atoms with van der Waals surface area (Å²) in [5.74, 6) is -0.910. The third kappa shape index (κ3) is 2.81. The van der Waals surface area contributed by atoms with Gasteiger partial charge in [0, 0.05) is 57.2 Å². The van der Waals surface area contributed by atoms with Gasteiger partial charge in [-0.2, -0.15) is 0 Å². The first-order valence-corrected chi connectivity index (χ1v) is 8.66. The predicted octanol–water partition coefficient (Wildman–Crippen LogP) is 0.631. The fraction of sp³-hybridized carbons (Fsp3) is 0.444. The number of carbonyl (C=O) groups is 2. The zero-order valence-corrected chi connectivity index (χ0v) is 14.3. The number of aromatic nitrogens is 2.